The maximum Gasteiger partial charge on any atom is 0.126 e. The number of benzene rings is 1. The highest BCUT2D eigenvalue weighted by atomic mass is 14.9. The summed E-state index contributed by atoms with van der Waals surface area (Å²) in [5.74, 6) is 0.544. The van der Waals surface area contributed by atoms with Crippen molar-refractivity contribution in [1.82, 2.24) is 4.98 Å². The first-order valence-electron chi connectivity index (χ1n) is 4.14. The zero-order valence-corrected chi connectivity index (χ0v) is 7.41. The van der Waals surface area contributed by atoms with Crippen LogP contribution in [0.5, 0.6) is 0 Å². The van der Waals surface area contributed by atoms with Crippen LogP contribution in [-0.2, 0) is 0 Å². The van der Waals surface area contributed by atoms with Gasteiger partial charge in [-0.15, -0.1) is 0 Å². The van der Waals surface area contributed by atoms with Gasteiger partial charge in [-0.3, -0.25) is 0 Å². The highest BCUT2D eigenvalue weighted by Gasteiger charge is 2.00. The predicted octanol–water partition coefficient (Wildman–Crippen LogP) is 1.86. The van der Waals surface area contributed by atoms with Crippen molar-refractivity contribution < 1.29 is 0 Å². The summed E-state index contributed by atoms with van der Waals surface area (Å²) in [5.41, 5.74) is 7.59. The Balaban J connectivity index is 2.81. The van der Waals surface area contributed by atoms with Crippen LogP contribution in [-0.4, -0.2) is 12.0 Å². The number of anilines is 2. The van der Waals surface area contributed by atoms with Gasteiger partial charge in [-0.1, -0.05) is 18.2 Å². The third-order valence-corrected chi connectivity index (χ3v) is 2.01. The van der Waals surface area contributed by atoms with Gasteiger partial charge in [-0.25, -0.2) is 4.98 Å². The molecule has 0 saturated heterocycles. The van der Waals surface area contributed by atoms with Gasteiger partial charge in [-0.2, -0.15) is 0 Å². The van der Waals surface area contributed by atoms with E-state index in [9.17, 15) is 0 Å². The fourth-order valence-electron chi connectivity index (χ4n) is 1.40. The van der Waals surface area contributed by atoms with Crippen molar-refractivity contribution in [2.24, 2.45) is 0 Å². The van der Waals surface area contributed by atoms with Gasteiger partial charge in [0.05, 0.1) is 5.52 Å². The van der Waals surface area contributed by atoms with Gasteiger partial charge in [-0.05, 0) is 6.07 Å². The van der Waals surface area contributed by atoms with Gasteiger partial charge >= 0.3 is 0 Å². The fourth-order valence-corrected chi connectivity index (χ4v) is 1.40. The maximum atomic E-state index is 5.65. The normalized spacial score (nSPS) is 10.2. The highest BCUT2D eigenvalue weighted by Crippen LogP contribution is 2.22. The molecule has 66 valence electrons. The standard InChI is InChI=1S/C10H11N3/c1-12-9-6-10(11)13-8-5-3-2-4-7(8)9/h2-6H,1H3,(H3,11,12,13). The minimum Gasteiger partial charge on any atom is -0.387 e. The largest absolute Gasteiger partial charge is 0.387 e. The van der Waals surface area contributed by atoms with Gasteiger partial charge in [0.15, 0.2) is 0 Å². The average Bonchev–Trinajstić information content (AvgIpc) is 2.16. The van der Waals surface area contributed by atoms with E-state index in [2.05, 4.69) is 10.3 Å². The number of hydrogen-bond donors (Lipinski definition) is 2. The second kappa shape index (κ2) is 2.94. The second-order valence-corrected chi connectivity index (χ2v) is 2.86. The molecule has 0 bridgehead atoms. The first-order valence-corrected chi connectivity index (χ1v) is 4.14. The molecular weight excluding hydrogens is 162 g/mol. The quantitative estimate of drug-likeness (QED) is 0.692. The summed E-state index contributed by atoms with van der Waals surface area (Å²) >= 11 is 0. The summed E-state index contributed by atoms with van der Waals surface area (Å²) in [6.45, 7) is 0. The summed E-state index contributed by atoms with van der Waals surface area (Å²) < 4.78 is 0. The lowest BCUT2D eigenvalue weighted by Crippen LogP contribution is -1.95. The number of nitrogens with one attached hydrogen (secondary N) is 1. The van der Waals surface area contributed by atoms with Crippen LogP contribution < -0.4 is 11.1 Å². The van der Waals surface area contributed by atoms with E-state index in [-0.39, 0.29) is 0 Å². The molecule has 13 heavy (non-hydrogen) atoms. The SMILES string of the molecule is CNc1cc(N)nc2ccccc12. The zero-order chi connectivity index (χ0) is 9.26. The van der Waals surface area contributed by atoms with Gasteiger partial charge in [0.2, 0.25) is 0 Å². The van der Waals surface area contributed by atoms with Crippen LogP contribution in [0, 0.1) is 0 Å². The molecule has 0 amide bonds. The van der Waals surface area contributed by atoms with Crippen molar-refractivity contribution in [2.75, 3.05) is 18.1 Å². The molecule has 0 saturated carbocycles. The van der Waals surface area contributed by atoms with Crippen LogP contribution in [0.3, 0.4) is 0 Å². The Hall–Kier alpha value is -1.77. The highest BCUT2D eigenvalue weighted by molar-refractivity contribution is 5.92. The Kier molecular flexibility index (Phi) is 1.77. The van der Waals surface area contributed by atoms with E-state index in [1.807, 2.05) is 37.4 Å². The number of aromatic nitrogens is 1. The Morgan fingerprint density at radius 3 is 2.85 bits per heavy atom. The molecule has 1 aromatic carbocycles. The van der Waals surface area contributed by atoms with E-state index in [4.69, 9.17) is 5.73 Å². The Morgan fingerprint density at radius 2 is 2.08 bits per heavy atom. The minimum atomic E-state index is 0.544. The summed E-state index contributed by atoms with van der Waals surface area (Å²) in [4.78, 5) is 4.22. The lowest BCUT2D eigenvalue weighted by Gasteiger charge is -2.05. The van der Waals surface area contributed by atoms with Crippen molar-refractivity contribution in [2.45, 2.75) is 0 Å². The van der Waals surface area contributed by atoms with Crippen LogP contribution in [0.2, 0.25) is 0 Å². The van der Waals surface area contributed by atoms with Crippen LogP contribution in [0.15, 0.2) is 30.3 Å². The molecule has 3 N–H and O–H groups in total. The molecule has 0 atom stereocenters. The molecule has 0 aliphatic rings. The number of nitrogen functional groups attached to an aromatic ring is 1. The van der Waals surface area contributed by atoms with Crippen LogP contribution in [0.4, 0.5) is 11.5 Å². The third kappa shape index (κ3) is 1.28. The molecule has 0 radical (unpaired) electrons. The van der Waals surface area contributed by atoms with Crippen molar-refractivity contribution in [1.29, 1.82) is 0 Å². The molecule has 2 rings (SSSR count). The number of para-hydroxylation sites is 1. The number of pyridine rings is 1. The predicted molar refractivity (Wildman–Crippen MR) is 55.7 cm³/mol. The molecule has 0 aliphatic heterocycles. The summed E-state index contributed by atoms with van der Waals surface area (Å²) in [6, 6.07) is 9.75. The van der Waals surface area contributed by atoms with Crippen LogP contribution >= 0.6 is 0 Å². The number of fused-ring (bicyclic) bond motifs is 1. The number of nitrogens with two attached hydrogens (primary N) is 1. The molecular formula is C10H11N3. The van der Waals surface area contributed by atoms with Crippen molar-refractivity contribution in [3.63, 3.8) is 0 Å². The van der Waals surface area contributed by atoms with E-state index in [1.54, 1.807) is 0 Å². The van der Waals surface area contributed by atoms with Crippen LogP contribution in [0.1, 0.15) is 0 Å². The van der Waals surface area contributed by atoms with Gasteiger partial charge < -0.3 is 11.1 Å². The van der Waals surface area contributed by atoms with Crippen molar-refractivity contribution >= 4 is 22.4 Å². The topological polar surface area (TPSA) is 50.9 Å². The van der Waals surface area contributed by atoms with Crippen molar-refractivity contribution in [3.8, 4) is 0 Å². The van der Waals surface area contributed by atoms with Gasteiger partial charge in [0.1, 0.15) is 5.82 Å². The molecule has 0 aliphatic carbocycles. The number of hydrogen-bond acceptors (Lipinski definition) is 3. The summed E-state index contributed by atoms with van der Waals surface area (Å²) in [5, 5.41) is 4.19. The minimum absolute atomic E-state index is 0.544. The Bertz CT molecular complexity index is 437. The first-order chi connectivity index (χ1) is 6.31. The van der Waals surface area contributed by atoms with E-state index < -0.39 is 0 Å². The van der Waals surface area contributed by atoms with Crippen LogP contribution in [0.25, 0.3) is 10.9 Å². The number of nitrogens with zero attached hydrogens (tertiary/aromatic N) is 1. The van der Waals surface area contributed by atoms with E-state index in [1.165, 1.54) is 0 Å². The molecule has 0 fully saturated rings. The molecule has 1 heterocycles. The molecule has 1 aromatic heterocycles. The number of rotatable bonds is 1. The smallest absolute Gasteiger partial charge is 0.126 e. The molecule has 0 spiro atoms. The summed E-state index contributed by atoms with van der Waals surface area (Å²) in [6.07, 6.45) is 0. The van der Waals surface area contributed by atoms with E-state index in [0.717, 1.165) is 16.6 Å². The van der Waals surface area contributed by atoms with E-state index in [0.29, 0.717) is 5.82 Å². The fraction of sp³-hybridized carbons (Fsp3) is 0.100. The van der Waals surface area contributed by atoms with Crippen molar-refractivity contribution in [3.05, 3.63) is 30.3 Å². The maximum absolute atomic E-state index is 5.65. The van der Waals surface area contributed by atoms with Gasteiger partial charge in [0.25, 0.3) is 0 Å². The molecule has 3 heteroatoms. The lowest BCUT2D eigenvalue weighted by atomic mass is 10.2. The molecule has 2 aromatic rings. The summed E-state index contributed by atoms with van der Waals surface area (Å²) in [7, 11) is 1.88. The monoisotopic (exact) mass is 173 g/mol. The Morgan fingerprint density at radius 1 is 1.31 bits per heavy atom. The molecule has 0 unspecified atom stereocenters. The second-order valence-electron chi connectivity index (χ2n) is 2.86. The molecule has 3 nitrogen and oxygen atoms in total. The Labute approximate surface area is 76.6 Å². The lowest BCUT2D eigenvalue weighted by molar-refractivity contribution is 1.40. The average molecular weight is 173 g/mol. The zero-order valence-electron chi connectivity index (χ0n) is 7.41. The third-order valence-electron chi connectivity index (χ3n) is 2.01. The van der Waals surface area contributed by atoms with E-state index >= 15 is 0 Å². The van der Waals surface area contributed by atoms with Gasteiger partial charge in [0, 0.05) is 24.2 Å². The first kappa shape index (κ1) is 7.86.